The van der Waals surface area contributed by atoms with E-state index >= 15 is 0 Å². The average molecular weight is 248 g/mol. The molecule has 0 saturated carbocycles. The second-order valence-corrected chi connectivity index (χ2v) is 5.54. The van der Waals surface area contributed by atoms with E-state index in [9.17, 15) is 4.39 Å². The Kier molecular flexibility index (Phi) is 3.34. The van der Waals surface area contributed by atoms with Crippen LogP contribution >= 0.6 is 0 Å². The van der Waals surface area contributed by atoms with E-state index in [0.29, 0.717) is 0 Å². The van der Waals surface area contributed by atoms with Gasteiger partial charge in [0.05, 0.1) is 11.2 Å². The first kappa shape index (κ1) is 13.3. The van der Waals surface area contributed by atoms with E-state index in [1.165, 1.54) is 12.1 Å². The van der Waals surface area contributed by atoms with Crippen LogP contribution in [-0.4, -0.2) is 18.3 Å². The van der Waals surface area contributed by atoms with Crippen molar-refractivity contribution in [3.63, 3.8) is 0 Å². The van der Waals surface area contributed by atoms with Gasteiger partial charge in [-0.05, 0) is 45.4 Å². The number of hydrogen-bond acceptors (Lipinski definition) is 2. The third-order valence-electron chi connectivity index (χ3n) is 3.57. The molecule has 1 saturated heterocycles. The predicted octanol–water partition coefficient (Wildman–Crippen LogP) is 3.47. The third kappa shape index (κ3) is 2.65. The van der Waals surface area contributed by atoms with Gasteiger partial charge in [-0.3, -0.25) is 0 Å². The van der Waals surface area contributed by atoms with Crippen LogP contribution in [0.5, 0.6) is 0 Å². The normalized spacial score (nSPS) is 21.7. The van der Waals surface area contributed by atoms with Gasteiger partial charge >= 0.3 is 7.12 Å². The molecule has 0 unspecified atom stereocenters. The lowest BCUT2D eigenvalue weighted by Crippen LogP contribution is -2.41. The molecular weight excluding hydrogens is 230 g/mol. The minimum Gasteiger partial charge on any atom is -0.400 e. The maximum atomic E-state index is 13.0. The van der Waals surface area contributed by atoms with Gasteiger partial charge in [-0.1, -0.05) is 24.2 Å². The molecule has 0 N–H and O–H groups in total. The molecule has 1 aliphatic heterocycles. The van der Waals surface area contributed by atoms with Gasteiger partial charge in [-0.25, -0.2) is 4.39 Å². The van der Waals surface area contributed by atoms with Crippen LogP contribution in [0.4, 0.5) is 4.39 Å². The monoisotopic (exact) mass is 248 g/mol. The zero-order chi connectivity index (χ0) is 13.4. The van der Waals surface area contributed by atoms with E-state index < -0.39 is 7.12 Å². The summed E-state index contributed by atoms with van der Waals surface area (Å²) in [5, 5.41) is 0. The van der Waals surface area contributed by atoms with Gasteiger partial charge in [0.15, 0.2) is 0 Å². The van der Waals surface area contributed by atoms with Crippen LogP contribution in [0.3, 0.4) is 0 Å². The molecule has 1 heterocycles. The first-order valence-electron chi connectivity index (χ1n) is 6.10. The van der Waals surface area contributed by atoms with Crippen molar-refractivity contribution >= 4 is 13.2 Å². The molecule has 0 spiro atoms. The summed E-state index contributed by atoms with van der Waals surface area (Å²) >= 11 is 0. The Morgan fingerprint density at radius 2 is 1.72 bits per heavy atom. The molecule has 1 aromatic carbocycles. The molecule has 2 nitrogen and oxygen atoms in total. The number of halogens is 1. The fraction of sp³-hybridized carbons (Fsp3) is 0.429. The largest absolute Gasteiger partial charge is 0.487 e. The lowest BCUT2D eigenvalue weighted by molar-refractivity contribution is 0.00578. The van der Waals surface area contributed by atoms with Crippen LogP contribution in [0, 0.1) is 5.82 Å². The van der Waals surface area contributed by atoms with E-state index in [2.05, 4.69) is 0 Å². The quantitative estimate of drug-likeness (QED) is 0.746. The van der Waals surface area contributed by atoms with Crippen LogP contribution in [0.15, 0.2) is 30.2 Å². The van der Waals surface area contributed by atoms with Crippen LogP contribution < -0.4 is 0 Å². The average Bonchev–Trinajstić information content (AvgIpc) is 2.45. The minimum absolute atomic E-state index is 0.244. The van der Waals surface area contributed by atoms with Crippen LogP contribution in [0.25, 0.3) is 6.08 Å². The summed E-state index contributed by atoms with van der Waals surface area (Å²) in [6.45, 7) is 8.01. The number of rotatable bonds is 2. The molecule has 0 atom stereocenters. The Hall–Kier alpha value is -1.13. The lowest BCUT2D eigenvalue weighted by Gasteiger charge is -2.32. The molecular formula is C14H18BFO2. The fourth-order valence-electron chi connectivity index (χ4n) is 1.77. The van der Waals surface area contributed by atoms with Crippen molar-refractivity contribution < 1.29 is 13.7 Å². The Balaban J connectivity index is 2.08. The third-order valence-corrected chi connectivity index (χ3v) is 3.57. The van der Waals surface area contributed by atoms with Crippen LogP contribution in [0.2, 0.25) is 0 Å². The molecule has 0 amide bonds. The lowest BCUT2D eigenvalue weighted by atomic mass is 9.89. The molecule has 96 valence electrons. The molecule has 1 fully saturated rings. The first-order valence-corrected chi connectivity index (χ1v) is 6.10. The van der Waals surface area contributed by atoms with E-state index in [0.717, 1.165) is 5.56 Å². The summed E-state index contributed by atoms with van der Waals surface area (Å²) in [5.41, 5.74) is 0.109. The zero-order valence-corrected chi connectivity index (χ0v) is 11.2. The second-order valence-electron chi connectivity index (χ2n) is 5.54. The summed E-state index contributed by atoms with van der Waals surface area (Å²) < 4.78 is 24.6. The Labute approximate surface area is 108 Å². The molecule has 1 aromatic rings. The SMILES string of the molecule is CC1(C)OB(/C=C/c2cccc(F)c2)OC1(C)C. The highest BCUT2D eigenvalue weighted by molar-refractivity contribution is 6.52. The molecule has 0 bridgehead atoms. The van der Waals surface area contributed by atoms with Gasteiger partial charge < -0.3 is 9.31 Å². The maximum Gasteiger partial charge on any atom is 0.487 e. The topological polar surface area (TPSA) is 18.5 Å². The van der Waals surface area contributed by atoms with Crippen molar-refractivity contribution in [2.45, 2.75) is 38.9 Å². The summed E-state index contributed by atoms with van der Waals surface area (Å²) in [7, 11) is -0.390. The van der Waals surface area contributed by atoms with E-state index in [1.54, 1.807) is 6.07 Å². The van der Waals surface area contributed by atoms with Crippen molar-refractivity contribution in [2.75, 3.05) is 0 Å². The van der Waals surface area contributed by atoms with Gasteiger partial charge in [0.2, 0.25) is 0 Å². The first-order chi connectivity index (χ1) is 8.30. The maximum absolute atomic E-state index is 13.0. The van der Waals surface area contributed by atoms with E-state index in [4.69, 9.17) is 9.31 Å². The van der Waals surface area contributed by atoms with Gasteiger partial charge in [0, 0.05) is 0 Å². The molecule has 1 aliphatic rings. The summed E-state index contributed by atoms with van der Waals surface area (Å²) in [5.74, 6) is 1.57. The Bertz CT molecular complexity index is 453. The fourth-order valence-corrected chi connectivity index (χ4v) is 1.77. The van der Waals surface area contributed by atoms with Gasteiger partial charge in [-0.15, -0.1) is 0 Å². The molecule has 0 radical (unpaired) electrons. The zero-order valence-electron chi connectivity index (χ0n) is 11.2. The van der Waals surface area contributed by atoms with Gasteiger partial charge in [-0.2, -0.15) is 0 Å². The molecule has 0 aliphatic carbocycles. The molecule has 0 aromatic heterocycles. The summed E-state index contributed by atoms with van der Waals surface area (Å²) in [6.07, 6.45) is 1.81. The van der Waals surface area contributed by atoms with Crippen LogP contribution in [0.1, 0.15) is 33.3 Å². The highest BCUT2D eigenvalue weighted by atomic mass is 19.1. The standard InChI is InChI=1S/C14H18BFO2/c1-13(2)14(3,4)18-15(17-13)9-8-11-6-5-7-12(16)10-11/h5-10H,1-4H3/b9-8+. The molecule has 4 heteroatoms. The Morgan fingerprint density at radius 1 is 1.11 bits per heavy atom. The van der Waals surface area contributed by atoms with Crippen LogP contribution in [-0.2, 0) is 9.31 Å². The summed E-state index contributed by atoms with van der Waals surface area (Å²) in [6, 6.07) is 6.41. The second kappa shape index (κ2) is 4.52. The minimum atomic E-state index is -0.390. The van der Waals surface area contributed by atoms with Crippen molar-refractivity contribution in [3.8, 4) is 0 Å². The van der Waals surface area contributed by atoms with Gasteiger partial charge in [0.25, 0.3) is 0 Å². The highest BCUT2D eigenvalue weighted by Gasteiger charge is 2.49. The summed E-state index contributed by atoms with van der Waals surface area (Å²) in [4.78, 5) is 0. The number of benzene rings is 1. The predicted molar refractivity (Wildman–Crippen MR) is 71.5 cm³/mol. The van der Waals surface area contributed by atoms with E-state index in [1.807, 2.05) is 45.8 Å². The van der Waals surface area contributed by atoms with Crippen molar-refractivity contribution in [1.29, 1.82) is 0 Å². The molecule has 2 rings (SSSR count). The van der Waals surface area contributed by atoms with Crippen molar-refractivity contribution in [3.05, 3.63) is 41.6 Å². The van der Waals surface area contributed by atoms with Crippen molar-refractivity contribution in [1.82, 2.24) is 0 Å². The Morgan fingerprint density at radius 3 is 2.28 bits per heavy atom. The van der Waals surface area contributed by atoms with E-state index in [-0.39, 0.29) is 17.0 Å². The van der Waals surface area contributed by atoms with Crippen molar-refractivity contribution in [2.24, 2.45) is 0 Å². The number of hydrogen-bond donors (Lipinski definition) is 0. The van der Waals surface area contributed by atoms with Gasteiger partial charge in [0.1, 0.15) is 5.82 Å². The smallest absolute Gasteiger partial charge is 0.400 e. The highest BCUT2D eigenvalue weighted by Crippen LogP contribution is 2.36. The molecule has 18 heavy (non-hydrogen) atoms.